The van der Waals surface area contributed by atoms with Crippen LogP contribution in [0.15, 0.2) is 6.33 Å². The molecule has 1 N–H and O–H groups in total. The monoisotopic (exact) mass is 317 g/mol. The first-order chi connectivity index (χ1) is 9.96. The van der Waals surface area contributed by atoms with Crippen LogP contribution in [-0.2, 0) is 26.3 Å². The van der Waals surface area contributed by atoms with Crippen molar-refractivity contribution in [3.63, 3.8) is 0 Å². The molecule has 1 aromatic heterocycles. The van der Waals surface area contributed by atoms with Crippen molar-refractivity contribution in [1.29, 1.82) is 0 Å². The minimum absolute atomic E-state index is 0.0639. The maximum atomic E-state index is 12.6. The molecular formula is C11H19N5O4S. The molecule has 9 nitrogen and oxygen atoms in total. The van der Waals surface area contributed by atoms with Crippen LogP contribution in [0.3, 0.4) is 0 Å². The van der Waals surface area contributed by atoms with Gasteiger partial charge in [0.25, 0.3) is 10.2 Å². The predicted molar refractivity (Wildman–Crippen MR) is 73.1 cm³/mol. The van der Waals surface area contributed by atoms with Crippen molar-refractivity contribution in [3.8, 4) is 0 Å². The van der Waals surface area contributed by atoms with Gasteiger partial charge in [0.2, 0.25) is 0 Å². The van der Waals surface area contributed by atoms with Crippen LogP contribution < -0.4 is 0 Å². The Labute approximate surface area is 123 Å². The van der Waals surface area contributed by atoms with Crippen LogP contribution in [0.25, 0.3) is 0 Å². The lowest BCUT2D eigenvalue weighted by atomic mass is 10.2. The molecule has 2 rings (SSSR count). The fourth-order valence-corrected chi connectivity index (χ4v) is 3.79. The van der Waals surface area contributed by atoms with Crippen molar-refractivity contribution < 1.29 is 17.9 Å². The third kappa shape index (κ3) is 3.39. The van der Waals surface area contributed by atoms with Gasteiger partial charge in [-0.3, -0.25) is 9.89 Å². The van der Waals surface area contributed by atoms with Gasteiger partial charge in [0.05, 0.1) is 13.2 Å². The summed E-state index contributed by atoms with van der Waals surface area (Å²) in [6.07, 6.45) is 2.43. The third-order valence-electron chi connectivity index (χ3n) is 3.29. The Bertz CT molecular complexity index is 573. The molecule has 0 amide bonds. The Morgan fingerprint density at radius 2 is 2.38 bits per heavy atom. The smallest absolute Gasteiger partial charge is 0.324 e. The Balaban J connectivity index is 2.12. The zero-order chi connectivity index (χ0) is 15.5. The average molecular weight is 317 g/mol. The Kier molecular flexibility index (Phi) is 4.91. The van der Waals surface area contributed by atoms with Gasteiger partial charge in [0, 0.05) is 13.6 Å². The van der Waals surface area contributed by atoms with Gasteiger partial charge in [0.1, 0.15) is 18.2 Å². The van der Waals surface area contributed by atoms with Gasteiger partial charge in [-0.15, -0.1) is 0 Å². The summed E-state index contributed by atoms with van der Waals surface area (Å²) in [4.78, 5) is 15.8. The molecule has 0 radical (unpaired) electrons. The first kappa shape index (κ1) is 15.9. The molecule has 0 unspecified atom stereocenters. The van der Waals surface area contributed by atoms with E-state index in [-0.39, 0.29) is 13.2 Å². The van der Waals surface area contributed by atoms with Crippen molar-refractivity contribution in [2.45, 2.75) is 32.4 Å². The summed E-state index contributed by atoms with van der Waals surface area (Å²) >= 11 is 0. The Morgan fingerprint density at radius 1 is 1.62 bits per heavy atom. The van der Waals surface area contributed by atoms with Crippen LogP contribution in [0.2, 0.25) is 0 Å². The Hall–Kier alpha value is -1.52. The zero-order valence-corrected chi connectivity index (χ0v) is 12.8. The van der Waals surface area contributed by atoms with E-state index in [0.717, 1.165) is 4.31 Å². The van der Waals surface area contributed by atoms with Crippen LogP contribution >= 0.6 is 0 Å². The predicted octanol–water partition coefficient (Wildman–Crippen LogP) is -0.491. The minimum Gasteiger partial charge on any atom is -0.465 e. The highest BCUT2D eigenvalue weighted by atomic mass is 32.2. The molecule has 118 valence electrons. The number of ether oxygens (including phenoxy) is 1. The van der Waals surface area contributed by atoms with Gasteiger partial charge in [-0.25, -0.2) is 4.98 Å². The topological polar surface area (TPSA) is 108 Å². The lowest BCUT2D eigenvalue weighted by Crippen LogP contribution is -2.47. The first-order valence-electron chi connectivity index (χ1n) is 6.70. The van der Waals surface area contributed by atoms with Crippen molar-refractivity contribution in [3.05, 3.63) is 12.2 Å². The molecule has 1 atom stereocenters. The third-order valence-corrected chi connectivity index (χ3v) is 5.24. The number of rotatable bonds is 6. The number of aromatic amines is 1. The number of carbonyl (C=O) groups excluding carboxylic acids is 1. The lowest BCUT2D eigenvalue weighted by Gasteiger charge is -2.27. The quantitative estimate of drug-likeness (QED) is 0.709. The molecule has 1 aromatic rings. The molecule has 0 saturated carbocycles. The highest BCUT2D eigenvalue weighted by molar-refractivity contribution is 7.86. The summed E-state index contributed by atoms with van der Waals surface area (Å²) in [5.74, 6) is -0.0559. The summed E-state index contributed by atoms with van der Waals surface area (Å²) in [6.45, 7) is 2.31. The number of hydrogen-bond acceptors (Lipinski definition) is 6. The summed E-state index contributed by atoms with van der Waals surface area (Å²) in [6, 6.07) is -0.743. The molecule has 1 saturated heterocycles. The van der Waals surface area contributed by atoms with Crippen molar-refractivity contribution in [1.82, 2.24) is 23.8 Å². The van der Waals surface area contributed by atoms with E-state index in [0.29, 0.717) is 25.2 Å². The molecule has 2 heterocycles. The molecule has 0 bridgehead atoms. The van der Waals surface area contributed by atoms with E-state index in [2.05, 4.69) is 15.2 Å². The van der Waals surface area contributed by atoms with Crippen molar-refractivity contribution >= 4 is 16.2 Å². The molecular weight excluding hydrogens is 298 g/mol. The summed E-state index contributed by atoms with van der Waals surface area (Å²) < 4.78 is 32.4. The number of nitrogens with one attached hydrogen (secondary N) is 1. The molecule has 0 aromatic carbocycles. The summed E-state index contributed by atoms with van der Waals surface area (Å²) in [7, 11) is -2.31. The molecule has 1 fully saturated rings. The normalized spacial score (nSPS) is 20.0. The van der Waals surface area contributed by atoms with Gasteiger partial charge in [0.15, 0.2) is 0 Å². The van der Waals surface area contributed by atoms with Crippen LogP contribution in [0.5, 0.6) is 0 Å². The second-order valence-corrected chi connectivity index (χ2v) is 6.70. The molecule has 0 aliphatic carbocycles. The average Bonchev–Trinajstić information content (AvgIpc) is 3.09. The maximum Gasteiger partial charge on any atom is 0.324 e. The van der Waals surface area contributed by atoms with E-state index in [4.69, 9.17) is 4.74 Å². The van der Waals surface area contributed by atoms with Crippen molar-refractivity contribution in [2.24, 2.45) is 0 Å². The van der Waals surface area contributed by atoms with Gasteiger partial charge >= 0.3 is 5.97 Å². The first-order valence-corrected chi connectivity index (χ1v) is 8.10. The summed E-state index contributed by atoms with van der Waals surface area (Å²) in [5.41, 5.74) is 0. The fraction of sp³-hybridized carbons (Fsp3) is 0.727. The Morgan fingerprint density at radius 3 is 3.00 bits per heavy atom. The molecule has 1 aliphatic rings. The van der Waals surface area contributed by atoms with E-state index in [9.17, 15) is 13.2 Å². The van der Waals surface area contributed by atoms with Gasteiger partial charge in [-0.05, 0) is 19.8 Å². The van der Waals surface area contributed by atoms with Crippen molar-refractivity contribution in [2.75, 3.05) is 20.2 Å². The standard InChI is InChI=1S/C11H19N5O4S/c1-3-20-11(17)9-5-4-6-16(9)21(18,19)15(2)7-10-12-8-13-14-10/h8-9H,3-7H2,1-2H3,(H,12,13,14)/t9-/m1/s1. The van der Waals surface area contributed by atoms with Gasteiger partial charge < -0.3 is 4.74 Å². The van der Waals surface area contributed by atoms with Crippen LogP contribution in [0.4, 0.5) is 0 Å². The minimum atomic E-state index is -3.75. The number of esters is 1. The second kappa shape index (κ2) is 6.50. The molecule has 21 heavy (non-hydrogen) atoms. The fourth-order valence-electron chi connectivity index (χ4n) is 2.27. The van der Waals surface area contributed by atoms with E-state index < -0.39 is 22.2 Å². The zero-order valence-electron chi connectivity index (χ0n) is 12.0. The van der Waals surface area contributed by atoms with Crippen LogP contribution in [0.1, 0.15) is 25.6 Å². The molecule has 0 spiro atoms. The SMILES string of the molecule is CCOC(=O)[C@H]1CCCN1S(=O)(=O)N(C)Cc1ncn[nH]1. The maximum absolute atomic E-state index is 12.6. The van der Waals surface area contributed by atoms with Crippen LogP contribution in [-0.4, -0.2) is 64.4 Å². The molecule has 1 aliphatic heterocycles. The highest BCUT2D eigenvalue weighted by Gasteiger charge is 2.41. The van der Waals surface area contributed by atoms with E-state index in [1.807, 2.05) is 0 Å². The van der Waals surface area contributed by atoms with Gasteiger partial charge in [-0.2, -0.15) is 22.1 Å². The summed E-state index contributed by atoms with van der Waals surface area (Å²) in [5, 5.41) is 6.28. The van der Waals surface area contributed by atoms with Gasteiger partial charge in [-0.1, -0.05) is 0 Å². The lowest BCUT2D eigenvalue weighted by molar-refractivity contribution is -0.146. The number of aromatic nitrogens is 3. The van der Waals surface area contributed by atoms with Crippen LogP contribution in [0, 0.1) is 0 Å². The highest BCUT2D eigenvalue weighted by Crippen LogP contribution is 2.24. The van der Waals surface area contributed by atoms with E-state index in [1.54, 1.807) is 6.92 Å². The van der Waals surface area contributed by atoms with E-state index in [1.165, 1.54) is 17.7 Å². The number of hydrogen-bond donors (Lipinski definition) is 1. The largest absolute Gasteiger partial charge is 0.465 e. The second-order valence-electron chi connectivity index (χ2n) is 4.72. The number of nitrogens with zero attached hydrogens (tertiary/aromatic N) is 4. The number of carbonyl (C=O) groups is 1. The van der Waals surface area contributed by atoms with E-state index >= 15 is 0 Å². The number of H-pyrrole nitrogens is 1. The molecule has 10 heteroatoms.